The number of hydrogen-bond donors (Lipinski definition) is 0. The zero-order chi connectivity index (χ0) is 15.0. The Morgan fingerprint density at radius 1 is 1.00 bits per heavy atom. The maximum atomic E-state index is 6.73. The minimum absolute atomic E-state index is 0.227. The number of fused-ring (bicyclic) bond motifs is 1. The Morgan fingerprint density at radius 2 is 1.67 bits per heavy atom. The third-order valence-corrected chi connectivity index (χ3v) is 4.80. The van der Waals surface area contributed by atoms with Gasteiger partial charge in [-0.05, 0) is 42.7 Å². The monoisotopic (exact) mass is 366 g/mol. The predicted octanol–water partition coefficient (Wildman–Crippen LogP) is 5.17. The fourth-order valence-corrected chi connectivity index (χ4v) is 3.57. The first-order valence-corrected chi connectivity index (χ1v) is 8.09. The first-order chi connectivity index (χ1) is 10.1. The molecule has 21 heavy (non-hydrogen) atoms. The van der Waals surface area contributed by atoms with Crippen LogP contribution in [0.5, 0.6) is 11.5 Å². The number of alkyl halides is 1. The lowest BCUT2D eigenvalue weighted by Crippen LogP contribution is -2.15. The summed E-state index contributed by atoms with van der Waals surface area (Å²) in [7, 11) is 0. The summed E-state index contributed by atoms with van der Waals surface area (Å²) in [6.07, 6.45) is 0. The summed E-state index contributed by atoms with van der Waals surface area (Å²) in [6, 6.07) is 10.2. The normalized spacial score (nSPS) is 14.9. The van der Waals surface area contributed by atoms with Gasteiger partial charge in [-0.25, -0.2) is 0 Å². The summed E-state index contributed by atoms with van der Waals surface area (Å²) in [5.41, 5.74) is 4.50. The molecule has 0 aromatic heterocycles. The molecule has 1 atom stereocenters. The van der Waals surface area contributed by atoms with Gasteiger partial charge in [0.1, 0.15) is 13.2 Å². The summed E-state index contributed by atoms with van der Waals surface area (Å²) in [5.74, 6) is 1.53. The molecule has 0 saturated carbocycles. The second-order valence-electron chi connectivity index (χ2n) is 5.24. The van der Waals surface area contributed by atoms with Gasteiger partial charge in [-0.3, -0.25) is 0 Å². The predicted molar refractivity (Wildman–Crippen MR) is 88.7 cm³/mol. The van der Waals surface area contributed by atoms with E-state index in [1.807, 2.05) is 12.1 Å². The van der Waals surface area contributed by atoms with Crippen LogP contribution in [0.3, 0.4) is 0 Å². The van der Waals surface area contributed by atoms with Crippen LogP contribution in [0, 0.1) is 13.8 Å². The van der Waals surface area contributed by atoms with E-state index in [0.29, 0.717) is 13.2 Å². The SMILES string of the molecule is Cc1ccc(C)c(C(Cl)c2cc3c(cc2Br)OCCO3)c1. The maximum absolute atomic E-state index is 6.73. The van der Waals surface area contributed by atoms with Crippen molar-refractivity contribution in [2.45, 2.75) is 19.2 Å². The van der Waals surface area contributed by atoms with Crippen molar-refractivity contribution in [3.63, 3.8) is 0 Å². The molecule has 4 heteroatoms. The maximum Gasteiger partial charge on any atom is 0.162 e. The van der Waals surface area contributed by atoms with Crippen molar-refractivity contribution in [2.24, 2.45) is 0 Å². The van der Waals surface area contributed by atoms with Crippen LogP contribution >= 0.6 is 27.5 Å². The van der Waals surface area contributed by atoms with Crippen LogP contribution in [0.25, 0.3) is 0 Å². The molecule has 0 amide bonds. The summed E-state index contributed by atoms with van der Waals surface area (Å²) in [5, 5.41) is -0.227. The summed E-state index contributed by atoms with van der Waals surface area (Å²) in [6.45, 7) is 5.31. The van der Waals surface area contributed by atoms with Crippen molar-refractivity contribution in [3.05, 3.63) is 57.1 Å². The summed E-state index contributed by atoms with van der Waals surface area (Å²) in [4.78, 5) is 0. The molecule has 0 N–H and O–H groups in total. The molecule has 2 aromatic rings. The highest BCUT2D eigenvalue weighted by Gasteiger charge is 2.21. The van der Waals surface area contributed by atoms with Crippen molar-refractivity contribution in [3.8, 4) is 11.5 Å². The van der Waals surface area contributed by atoms with Crippen LogP contribution in [0.4, 0.5) is 0 Å². The Kier molecular flexibility index (Phi) is 4.14. The Bertz CT molecular complexity index is 685. The van der Waals surface area contributed by atoms with Crippen LogP contribution in [-0.2, 0) is 0 Å². The fraction of sp³-hybridized carbons (Fsp3) is 0.294. The van der Waals surface area contributed by atoms with E-state index >= 15 is 0 Å². The number of halogens is 2. The topological polar surface area (TPSA) is 18.5 Å². The number of rotatable bonds is 2. The molecule has 0 spiro atoms. The number of hydrogen-bond acceptors (Lipinski definition) is 2. The Morgan fingerprint density at radius 3 is 2.38 bits per heavy atom. The summed E-state index contributed by atoms with van der Waals surface area (Å²) < 4.78 is 12.2. The molecule has 0 saturated heterocycles. The van der Waals surface area contributed by atoms with Gasteiger partial charge in [-0.1, -0.05) is 39.7 Å². The van der Waals surface area contributed by atoms with Gasteiger partial charge in [0.25, 0.3) is 0 Å². The highest BCUT2D eigenvalue weighted by atomic mass is 79.9. The summed E-state index contributed by atoms with van der Waals surface area (Å²) >= 11 is 10.3. The zero-order valence-electron chi connectivity index (χ0n) is 12.0. The Hall–Kier alpha value is -1.19. The Balaban J connectivity index is 2.05. The molecule has 1 unspecified atom stereocenters. The van der Waals surface area contributed by atoms with Crippen molar-refractivity contribution in [2.75, 3.05) is 13.2 Å². The fourth-order valence-electron chi connectivity index (χ4n) is 2.47. The number of benzene rings is 2. The van der Waals surface area contributed by atoms with Gasteiger partial charge < -0.3 is 9.47 Å². The van der Waals surface area contributed by atoms with Gasteiger partial charge in [-0.2, -0.15) is 0 Å². The number of aryl methyl sites for hydroxylation is 2. The van der Waals surface area contributed by atoms with Gasteiger partial charge in [0.15, 0.2) is 11.5 Å². The molecule has 2 nitrogen and oxygen atoms in total. The lowest BCUT2D eigenvalue weighted by atomic mass is 9.98. The molecule has 2 aromatic carbocycles. The third-order valence-electron chi connectivity index (χ3n) is 3.64. The molecule has 1 aliphatic heterocycles. The van der Waals surface area contributed by atoms with Crippen molar-refractivity contribution in [1.29, 1.82) is 0 Å². The average Bonchev–Trinajstić information content (AvgIpc) is 2.48. The molecule has 110 valence electrons. The van der Waals surface area contributed by atoms with Gasteiger partial charge in [0, 0.05) is 4.47 Å². The van der Waals surface area contributed by atoms with E-state index in [0.717, 1.165) is 27.1 Å². The number of ether oxygens (including phenoxy) is 2. The standard InChI is InChI=1S/C17H16BrClO2/c1-10-3-4-11(2)12(7-10)17(19)13-8-15-16(9-14(13)18)21-6-5-20-15/h3-4,7-9,17H,5-6H2,1-2H3. The van der Waals surface area contributed by atoms with E-state index in [-0.39, 0.29) is 5.38 Å². The van der Waals surface area contributed by atoms with E-state index < -0.39 is 0 Å². The lowest BCUT2D eigenvalue weighted by Gasteiger charge is -2.22. The molecular formula is C17H16BrClO2. The first-order valence-electron chi connectivity index (χ1n) is 6.86. The van der Waals surface area contributed by atoms with Crippen LogP contribution in [0.2, 0.25) is 0 Å². The third kappa shape index (κ3) is 2.90. The van der Waals surface area contributed by atoms with Crippen molar-refractivity contribution in [1.82, 2.24) is 0 Å². The van der Waals surface area contributed by atoms with Gasteiger partial charge >= 0.3 is 0 Å². The molecular weight excluding hydrogens is 352 g/mol. The first kappa shape index (κ1) is 14.7. The van der Waals surface area contributed by atoms with Crippen LogP contribution in [-0.4, -0.2) is 13.2 Å². The smallest absolute Gasteiger partial charge is 0.162 e. The van der Waals surface area contributed by atoms with Crippen LogP contribution in [0.1, 0.15) is 27.6 Å². The van der Waals surface area contributed by atoms with Gasteiger partial charge in [-0.15, -0.1) is 11.6 Å². The molecule has 3 rings (SSSR count). The molecule has 0 fully saturated rings. The van der Waals surface area contributed by atoms with Crippen molar-refractivity contribution < 1.29 is 9.47 Å². The van der Waals surface area contributed by atoms with Crippen LogP contribution in [0.15, 0.2) is 34.8 Å². The van der Waals surface area contributed by atoms with E-state index in [1.54, 1.807) is 0 Å². The van der Waals surface area contributed by atoms with Crippen molar-refractivity contribution >= 4 is 27.5 Å². The minimum Gasteiger partial charge on any atom is -0.486 e. The highest BCUT2D eigenvalue weighted by molar-refractivity contribution is 9.10. The van der Waals surface area contributed by atoms with Gasteiger partial charge in [0.05, 0.1) is 5.38 Å². The highest BCUT2D eigenvalue weighted by Crippen LogP contribution is 2.42. The second kappa shape index (κ2) is 5.90. The van der Waals surface area contributed by atoms with E-state index in [9.17, 15) is 0 Å². The minimum atomic E-state index is -0.227. The Labute approximate surface area is 138 Å². The second-order valence-corrected chi connectivity index (χ2v) is 6.53. The average molecular weight is 368 g/mol. The van der Waals surface area contributed by atoms with E-state index in [4.69, 9.17) is 21.1 Å². The molecule has 0 radical (unpaired) electrons. The largest absolute Gasteiger partial charge is 0.486 e. The molecule has 0 aliphatic carbocycles. The molecule has 0 bridgehead atoms. The van der Waals surface area contributed by atoms with Gasteiger partial charge in [0.2, 0.25) is 0 Å². The van der Waals surface area contributed by atoms with E-state index in [1.165, 1.54) is 11.1 Å². The zero-order valence-corrected chi connectivity index (χ0v) is 14.3. The van der Waals surface area contributed by atoms with Crippen LogP contribution < -0.4 is 9.47 Å². The lowest BCUT2D eigenvalue weighted by molar-refractivity contribution is 0.171. The van der Waals surface area contributed by atoms with E-state index in [2.05, 4.69) is 48.0 Å². The molecule has 1 aliphatic rings. The molecule has 1 heterocycles. The quantitative estimate of drug-likeness (QED) is 0.682.